The Balaban J connectivity index is 0.000000115. The summed E-state index contributed by atoms with van der Waals surface area (Å²) < 4.78 is 0. The molecule has 78 heavy (non-hydrogen) atoms. The Morgan fingerprint density at radius 3 is 0.962 bits per heavy atom. The van der Waals surface area contributed by atoms with Crippen LogP contribution in [0.5, 0.6) is 0 Å². The maximum absolute atomic E-state index is 3.59. The van der Waals surface area contributed by atoms with E-state index in [0.29, 0.717) is 0 Å². The lowest BCUT2D eigenvalue weighted by atomic mass is 9.71. The fraction of sp³-hybridized carbons (Fsp3) is 0.753. The summed E-state index contributed by atoms with van der Waals surface area (Å²) in [5.41, 5.74) is 9.04. The van der Waals surface area contributed by atoms with Crippen molar-refractivity contribution in [2.75, 3.05) is 38.0 Å². The molecular weight excluding hydrogens is 947 g/mol. The van der Waals surface area contributed by atoms with Gasteiger partial charge in [-0.1, -0.05) is 190 Å². The van der Waals surface area contributed by atoms with E-state index in [1.807, 2.05) is 0 Å². The first kappa shape index (κ1) is 61.4. The highest BCUT2D eigenvalue weighted by molar-refractivity contribution is 5.54. The highest BCUT2D eigenvalue weighted by Crippen LogP contribution is 2.44. The second-order valence-electron chi connectivity index (χ2n) is 27.1. The zero-order valence-corrected chi connectivity index (χ0v) is 49.3. The third kappa shape index (κ3) is 21.6. The molecule has 4 unspecified atom stereocenters. The Morgan fingerprint density at radius 1 is 0.282 bits per heavy atom. The number of aryl methyl sites for hydroxylation is 4. The van der Waals surface area contributed by atoms with Gasteiger partial charge in [0.05, 0.1) is 0 Å². The minimum atomic E-state index is 0. The monoisotopic (exact) mass is 1070 g/mol. The lowest BCUT2D eigenvalue weighted by molar-refractivity contribution is 0.176. The molecule has 14 fully saturated rings. The van der Waals surface area contributed by atoms with Gasteiger partial charge >= 0.3 is 0 Å². The molecule has 5 nitrogen and oxygen atoms in total. The van der Waals surface area contributed by atoms with Crippen LogP contribution in [0.2, 0.25) is 0 Å². The number of anilines is 1. The zero-order valence-electron chi connectivity index (χ0n) is 49.3. The summed E-state index contributed by atoms with van der Waals surface area (Å²) in [4.78, 5) is 0. The Morgan fingerprint density at radius 2 is 0.679 bits per heavy atom. The zero-order chi connectivity index (χ0) is 52.4. The van der Waals surface area contributed by atoms with Crippen LogP contribution in [0.1, 0.15) is 254 Å². The molecule has 10 aliphatic carbocycles. The van der Waals surface area contributed by atoms with Gasteiger partial charge in [0, 0.05) is 36.4 Å². The molecule has 20 rings (SSSR count). The SMILES string of the molecule is C.C1CC2CC1CN2.C1CC2CCC(C1)N2.C1CC2CCC1C2.C1CC2CCC1CC2.C1CC2CCC1CN2.C1CCCCC1.C1CCNCC1.c1ccc2c(c1)CCC2.c1ccc2c(c1)CCC2.c1ccc2c(c1)CCN2. The fourth-order valence-corrected chi connectivity index (χ4v) is 16.2. The summed E-state index contributed by atoms with van der Waals surface area (Å²) in [6.07, 6.45) is 57.1. The normalized spacial score (nSPS) is 31.4. The number of benzene rings is 3. The van der Waals surface area contributed by atoms with Gasteiger partial charge in [-0.25, -0.2) is 0 Å². The molecule has 7 aliphatic heterocycles. The molecule has 7 heterocycles. The molecule has 4 atom stereocenters. The number of fused-ring (bicyclic) bond motifs is 15. The Kier molecular flexibility index (Phi) is 27.8. The molecule has 0 radical (unpaired) electrons. The summed E-state index contributed by atoms with van der Waals surface area (Å²) in [7, 11) is 0. The summed E-state index contributed by atoms with van der Waals surface area (Å²) in [6.45, 7) is 6.23. The lowest BCUT2D eigenvalue weighted by Crippen LogP contribution is -2.44. The first-order valence-electron chi connectivity index (χ1n) is 34.0. The van der Waals surface area contributed by atoms with Gasteiger partial charge in [0.15, 0.2) is 0 Å². The van der Waals surface area contributed by atoms with Gasteiger partial charge in [-0.05, 0) is 230 Å². The maximum atomic E-state index is 3.59. The summed E-state index contributed by atoms with van der Waals surface area (Å²) in [5, 5.41) is 17.1. The Bertz CT molecular complexity index is 1640. The van der Waals surface area contributed by atoms with Crippen LogP contribution in [0, 0.1) is 35.5 Å². The second-order valence-corrected chi connectivity index (χ2v) is 27.1. The summed E-state index contributed by atoms with van der Waals surface area (Å²) in [5.74, 6) is 6.75. The van der Waals surface area contributed by atoms with Crippen molar-refractivity contribution >= 4 is 5.69 Å². The quantitative estimate of drug-likeness (QED) is 0.155. The van der Waals surface area contributed by atoms with Crippen LogP contribution < -0.4 is 26.6 Å². The first-order valence-corrected chi connectivity index (χ1v) is 34.0. The van der Waals surface area contributed by atoms with Gasteiger partial charge in [-0.3, -0.25) is 0 Å². The number of piperidine rings is 5. The third-order valence-corrected chi connectivity index (χ3v) is 21.3. The van der Waals surface area contributed by atoms with Crippen LogP contribution in [-0.2, 0) is 32.1 Å². The molecule has 8 saturated carbocycles. The van der Waals surface area contributed by atoms with Gasteiger partial charge in [0.25, 0.3) is 0 Å². The molecule has 3 aromatic rings. The Labute approximate surface area is 480 Å². The van der Waals surface area contributed by atoms with E-state index in [9.17, 15) is 0 Å². The van der Waals surface area contributed by atoms with Crippen LogP contribution in [0.25, 0.3) is 0 Å². The molecule has 0 amide bonds. The standard InChI is InChI=1S/2C9H10.C8H9N.C8H14.2C7H13N.C7H12.C6H11N.C6H12.C5H11N.CH4/c2*1-2-5-9-7-3-6-8(9)4-1;1-2-4-8-7(3-1)5-6-9-8;1-2-8-5-3-7(1)4-6-8;1-3-7-4-2-6(1)5-8-7;1-2-6-4-5-7(3-1)8-6;1-2-7-4-3-6(1)5-7;1-2-6-3-5(1)4-7-6;2*1-2-4-6-5-3-1;/h2*1-2,4-5H,3,6-7H2;1-4,9H,5-6H2;7-8H,1-6H2;2*6-8H,1-5H2;6-7H,1-5H2;5-7H,1-4H2;1-6H2;6H,1-5H2;1H4. The van der Waals surface area contributed by atoms with Crippen molar-refractivity contribution in [3.05, 3.63) is 101 Å². The minimum absolute atomic E-state index is 0. The molecule has 17 aliphatic rings. The van der Waals surface area contributed by atoms with Gasteiger partial charge in [-0.2, -0.15) is 0 Å². The molecule has 6 saturated heterocycles. The molecule has 0 spiro atoms. The highest BCUT2D eigenvalue weighted by Gasteiger charge is 2.32. The first-order chi connectivity index (χ1) is 38.1. The van der Waals surface area contributed by atoms with Crippen molar-refractivity contribution in [2.45, 2.75) is 282 Å². The van der Waals surface area contributed by atoms with Gasteiger partial charge < -0.3 is 26.6 Å². The highest BCUT2D eigenvalue weighted by atomic mass is 15.0. The van der Waals surface area contributed by atoms with Crippen molar-refractivity contribution in [1.29, 1.82) is 0 Å². The molecule has 3 aromatic carbocycles. The molecule has 5 N–H and O–H groups in total. The lowest BCUT2D eigenvalue weighted by Gasteiger charge is -2.36. The topological polar surface area (TPSA) is 60.1 Å². The van der Waals surface area contributed by atoms with E-state index in [2.05, 4.69) is 99.4 Å². The second kappa shape index (κ2) is 35.3. The van der Waals surface area contributed by atoms with E-state index in [4.69, 9.17) is 0 Å². The maximum Gasteiger partial charge on any atom is 0.0373 e. The number of hydrogen-bond donors (Lipinski definition) is 5. The number of hydrogen-bond acceptors (Lipinski definition) is 5. The fourth-order valence-electron chi connectivity index (χ4n) is 16.2. The van der Waals surface area contributed by atoms with E-state index < -0.39 is 0 Å². The molecule has 10 bridgehead atoms. The van der Waals surface area contributed by atoms with Crippen molar-refractivity contribution < 1.29 is 0 Å². The summed E-state index contributed by atoms with van der Waals surface area (Å²) in [6, 6.07) is 29.6. The van der Waals surface area contributed by atoms with E-state index in [1.165, 1.54) is 229 Å². The van der Waals surface area contributed by atoms with Crippen molar-refractivity contribution in [3.63, 3.8) is 0 Å². The third-order valence-electron chi connectivity index (χ3n) is 21.3. The predicted molar refractivity (Wildman–Crippen MR) is 338 cm³/mol. The summed E-state index contributed by atoms with van der Waals surface area (Å²) >= 11 is 0. The average Bonchev–Trinajstić information content (AvgIpc) is 4.40. The van der Waals surface area contributed by atoms with Crippen LogP contribution in [0.4, 0.5) is 5.69 Å². The number of para-hydroxylation sites is 1. The van der Waals surface area contributed by atoms with E-state index in [-0.39, 0.29) is 7.43 Å². The predicted octanol–water partition coefficient (Wildman–Crippen LogP) is 17.7. The average molecular weight is 1070 g/mol. The van der Waals surface area contributed by atoms with Crippen molar-refractivity contribution in [1.82, 2.24) is 21.3 Å². The number of nitrogens with one attached hydrogen (secondary N) is 5. The van der Waals surface area contributed by atoms with E-state index in [1.54, 1.807) is 92.9 Å². The molecule has 5 heteroatoms. The Hall–Kier alpha value is -2.70. The van der Waals surface area contributed by atoms with Crippen molar-refractivity contribution in [3.8, 4) is 0 Å². The van der Waals surface area contributed by atoms with E-state index >= 15 is 0 Å². The van der Waals surface area contributed by atoms with Crippen molar-refractivity contribution in [2.24, 2.45) is 35.5 Å². The van der Waals surface area contributed by atoms with Gasteiger partial charge in [0.1, 0.15) is 0 Å². The minimum Gasteiger partial charge on any atom is -0.384 e. The molecule has 0 aromatic heterocycles. The van der Waals surface area contributed by atoms with Gasteiger partial charge in [0.2, 0.25) is 0 Å². The van der Waals surface area contributed by atoms with E-state index in [0.717, 1.165) is 54.4 Å². The molecular formula is C73H119N5. The van der Waals surface area contributed by atoms with Gasteiger partial charge in [-0.15, -0.1) is 0 Å². The smallest absolute Gasteiger partial charge is 0.0373 e. The van der Waals surface area contributed by atoms with Crippen LogP contribution >= 0.6 is 0 Å². The van der Waals surface area contributed by atoms with Crippen LogP contribution in [0.15, 0.2) is 72.8 Å². The van der Waals surface area contributed by atoms with Crippen LogP contribution in [-0.4, -0.2) is 56.9 Å². The van der Waals surface area contributed by atoms with Crippen LogP contribution in [0.3, 0.4) is 0 Å². The molecule has 436 valence electrons. The number of rotatable bonds is 0. The largest absolute Gasteiger partial charge is 0.384 e.